The van der Waals surface area contributed by atoms with E-state index in [1.807, 2.05) is 0 Å². The molecule has 3 aliphatic rings. The molecule has 0 aromatic carbocycles. The van der Waals surface area contributed by atoms with Crippen molar-refractivity contribution < 1.29 is 8.42 Å². The normalized spacial score (nSPS) is 38.4. The largest absolute Gasteiger partial charge is 0.299 e. The third-order valence-corrected chi connectivity index (χ3v) is 6.85. The second-order valence-electron chi connectivity index (χ2n) is 5.72. The van der Waals surface area contributed by atoms with Crippen molar-refractivity contribution in [3.05, 3.63) is 0 Å². The van der Waals surface area contributed by atoms with Gasteiger partial charge in [-0.2, -0.15) is 0 Å². The average molecular weight is 258 g/mol. The first-order chi connectivity index (χ1) is 8.15. The van der Waals surface area contributed by atoms with Crippen LogP contribution in [0.25, 0.3) is 0 Å². The molecule has 3 fully saturated rings. The van der Waals surface area contributed by atoms with Crippen LogP contribution < -0.4 is 0 Å². The Morgan fingerprint density at radius 1 is 1.06 bits per heavy atom. The number of hydrogen-bond acceptors (Lipinski definition) is 4. The fourth-order valence-electron chi connectivity index (χ4n) is 3.57. The van der Waals surface area contributed by atoms with Crippen LogP contribution in [0.3, 0.4) is 0 Å². The van der Waals surface area contributed by atoms with Gasteiger partial charge in [-0.25, -0.2) is 8.42 Å². The van der Waals surface area contributed by atoms with E-state index in [2.05, 4.69) is 9.80 Å². The maximum absolute atomic E-state index is 11.8. The maximum atomic E-state index is 11.8. The molecule has 17 heavy (non-hydrogen) atoms. The van der Waals surface area contributed by atoms with Crippen molar-refractivity contribution in [1.29, 1.82) is 0 Å². The number of sulfone groups is 1. The first-order valence-electron chi connectivity index (χ1n) is 6.83. The molecule has 0 bridgehead atoms. The highest BCUT2D eigenvalue weighted by Crippen LogP contribution is 2.25. The molecule has 3 saturated heterocycles. The van der Waals surface area contributed by atoms with Gasteiger partial charge in [0.15, 0.2) is 9.84 Å². The third kappa shape index (κ3) is 2.37. The summed E-state index contributed by atoms with van der Waals surface area (Å²) in [6.07, 6.45) is 4.37. The molecule has 3 aliphatic heterocycles. The Morgan fingerprint density at radius 3 is 2.71 bits per heavy atom. The molecule has 4 nitrogen and oxygen atoms in total. The van der Waals surface area contributed by atoms with Crippen molar-refractivity contribution in [2.75, 3.05) is 38.5 Å². The van der Waals surface area contributed by atoms with Crippen LogP contribution in [-0.4, -0.2) is 68.0 Å². The molecule has 98 valence electrons. The predicted octanol–water partition coefficient (Wildman–Crippen LogP) is 0.344. The van der Waals surface area contributed by atoms with Gasteiger partial charge in [0.05, 0.1) is 11.0 Å². The maximum Gasteiger partial charge on any atom is 0.154 e. The van der Waals surface area contributed by atoms with Gasteiger partial charge in [-0.3, -0.25) is 9.80 Å². The molecule has 0 aromatic heterocycles. The minimum absolute atomic E-state index is 0.0737. The van der Waals surface area contributed by atoms with Crippen molar-refractivity contribution in [3.63, 3.8) is 0 Å². The quantitative estimate of drug-likeness (QED) is 0.716. The molecule has 0 aliphatic carbocycles. The van der Waals surface area contributed by atoms with E-state index in [-0.39, 0.29) is 5.25 Å². The van der Waals surface area contributed by atoms with Crippen molar-refractivity contribution >= 4 is 9.84 Å². The first-order valence-corrected chi connectivity index (χ1v) is 8.55. The lowest BCUT2D eigenvalue weighted by Gasteiger charge is -2.38. The Bertz CT molecular complexity index is 382. The Morgan fingerprint density at radius 2 is 1.94 bits per heavy atom. The Hall–Kier alpha value is -0.130. The molecule has 3 rings (SSSR count). The van der Waals surface area contributed by atoms with Gasteiger partial charge in [-0.15, -0.1) is 0 Å². The van der Waals surface area contributed by atoms with Crippen LogP contribution >= 0.6 is 0 Å². The summed E-state index contributed by atoms with van der Waals surface area (Å²) in [6.45, 7) is 5.32. The van der Waals surface area contributed by atoms with E-state index < -0.39 is 9.84 Å². The Kier molecular flexibility index (Phi) is 3.17. The molecule has 0 N–H and O–H groups in total. The van der Waals surface area contributed by atoms with E-state index in [1.165, 1.54) is 19.4 Å². The van der Waals surface area contributed by atoms with Crippen molar-refractivity contribution in [2.45, 2.75) is 37.0 Å². The second kappa shape index (κ2) is 4.52. The number of fused-ring (bicyclic) bond motifs is 1. The van der Waals surface area contributed by atoms with Crippen LogP contribution in [-0.2, 0) is 9.84 Å². The van der Waals surface area contributed by atoms with E-state index in [0.29, 0.717) is 11.8 Å². The molecule has 0 radical (unpaired) electrons. The first kappa shape index (κ1) is 11.9. The summed E-state index contributed by atoms with van der Waals surface area (Å²) in [5, 5.41) is -0.0737. The van der Waals surface area contributed by atoms with Gasteiger partial charge < -0.3 is 0 Å². The van der Waals surface area contributed by atoms with Crippen molar-refractivity contribution in [2.24, 2.45) is 0 Å². The molecule has 5 heteroatoms. The van der Waals surface area contributed by atoms with E-state index in [1.54, 1.807) is 0 Å². The lowest BCUT2D eigenvalue weighted by atomic mass is 10.1. The fourth-order valence-corrected chi connectivity index (χ4v) is 5.44. The zero-order chi connectivity index (χ0) is 11.9. The number of rotatable bonds is 2. The van der Waals surface area contributed by atoms with Gasteiger partial charge in [-0.1, -0.05) is 0 Å². The molecule has 0 amide bonds. The van der Waals surface area contributed by atoms with Crippen LogP contribution in [0.15, 0.2) is 0 Å². The van der Waals surface area contributed by atoms with Gasteiger partial charge >= 0.3 is 0 Å². The van der Waals surface area contributed by atoms with Gasteiger partial charge in [0, 0.05) is 32.2 Å². The molecular formula is C12H22N2O2S. The molecule has 0 aromatic rings. The molecule has 0 saturated carbocycles. The lowest BCUT2D eigenvalue weighted by molar-refractivity contribution is 0.104. The minimum Gasteiger partial charge on any atom is -0.299 e. The Balaban J connectivity index is 1.59. The van der Waals surface area contributed by atoms with Gasteiger partial charge in [0.25, 0.3) is 0 Å². The minimum atomic E-state index is -2.76. The summed E-state index contributed by atoms with van der Waals surface area (Å²) in [4.78, 5) is 4.96. The highest BCUT2D eigenvalue weighted by molar-refractivity contribution is 7.92. The zero-order valence-electron chi connectivity index (χ0n) is 10.3. The SMILES string of the molecule is O=S1(=O)CCCC1CN1CCN2CCCC2C1. The molecule has 2 unspecified atom stereocenters. The second-order valence-corrected chi connectivity index (χ2v) is 8.12. The van der Waals surface area contributed by atoms with Crippen molar-refractivity contribution in [1.82, 2.24) is 9.80 Å². The van der Waals surface area contributed by atoms with Crippen LogP contribution in [0.4, 0.5) is 0 Å². The summed E-state index contributed by atoms with van der Waals surface area (Å²) in [6, 6.07) is 0.702. The average Bonchev–Trinajstić information content (AvgIpc) is 2.85. The van der Waals surface area contributed by atoms with Crippen LogP contribution in [0.5, 0.6) is 0 Å². The smallest absolute Gasteiger partial charge is 0.154 e. The van der Waals surface area contributed by atoms with Gasteiger partial charge in [0.2, 0.25) is 0 Å². The fraction of sp³-hybridized carbons (Fsp3) is 1.00. The molecule has 2 atom stereocenters. The zero-order valence-corrected chi connectivity index (χ0v) is 11.2. The van der Waals surface area contributed by atoms with Gasteiger partial charge in [0.1, 0.15) is 0 Å². The molecular weight excluding hydrogens is 236 g/mol. The molecule has 3 heterocycles. The summed E-state index contributed by atoms with van der Waals surface area (Å²) in [5.74, 6) is 0.418. The van der Waals surface area contributed by atoms with E-state index in [4.69, 9.17) is 0 Å². The summed E-state index contributed by atoms with van der Waals surface area (Å²) in [5.41, 5.74) is 0. The topological polar surface area (TPSA) is 40.6 Å². The third-order valence-electron chi connectivity index (χ3n) is 4.60. The highest BCUT2D eigenvalue weighted by Gasteiger charge is 2.36. The van der Waals surface area contributed by atoms with Crippen LogP contribution in [0.2, 0.25) is 0 Å². The number of piperazine rings is 1. The van der Waals surface area contributed by atoms with Crippen molar-refractivity contribution in [3.8, 4) is 0 Å². The summed E-state index contributed by atoms with van der Waals surface area (Å²) >= 11 is 0. The van der Waals surface area contributed by atoms with Crippen LogP contribution in [0, 0.1) is 0 Å². The monoisotopic (exact) mass is 258 g/mol. The lowest BCUT2D eigenvalue weighted by Crippen LogP contribution is -2.52. The van der Waals surface area contributed by atoms with E-state index in [9.17, 15) is 8.42 Å². The van der Waals surface area contributed by atoms with Gasteiger partial charge in [-0.05, 0) is 32.2 Å². The number of nitrogens with zero attached hydrogens (tertiary/aromatic N) is 2. The van der Waals surface area contributed by atoms with E-state index >= 15 is 0 Å². The highest BCUT2D eigenvalue weighted by atomic mass is 32.2. The molecule has 0 spiro atoms. The summed E-state index contributed by atoms with van der Waals surface area (Å²) < 4.78 is 23.7. The van der Waals surface area contributed by atoms with E-state index in [0.717, 1.165) is 39.0 Å². The standard InChI is InChI=1S/C12H22N2O2S/c15-17(16)8-2-4-12(17)10-13-6-7-14-5-1-3-11(14)9-13/h11-12H,1-10H2. The van der Waals surface area contributed by atoms with Crippen LogP contribution in [0.1, 0.15) is 25.7 Å². The predicted molar refractivity (Wildman–Crippen MR) is 67.8 cm³/mol. The Labute approximate surface area is 104 Å². The summed E-state index contributed by atoms with van der Waals surface area (Å²) in [7, 11) is -2.76. The number of hydrogen-bond donors (Lipinski definition) is 0.